The van der Waals surface area contributed by atoms with Crippen molar-refractivity contribution in [2.24, 2.45) is 0 Å². The summed E-state index contributed by atoms with van der Waals surface area (Å²) in [5, 5.41) is 11.9. The highest BCUT2D eigenvalue weighted by atomic mass is 16.3. The molecule has 0 radical (unpaired) electrons. The monoisotopic (exact) mass is 791 g/mol. The SMILES string of the molecule is c1ccc(-c2nc(-c3ccc(-c4cccc5oc6ccc(-c7ccc8c9ccccc9c9ccccc9c8c7)cc6c45)cc3)nc(-c3ccc4c(c3)oc3ccccc34)n2)cc1. The van der Waals surface area contributed by atoms with Crippen molar-refractivity contribution in [2.45, 2.75) is 0 Å². The van der Waals surface area contributed by atoms with Crippen molar-refractivity contribution in [3.05, 3.63) is 200 Å². The van der Waals surface area contributed by atoms with Gasteiger partial charge in [0.05, 0.1) is 0 Å². The molecule has 0 saturated heterocycles. The standard InChI is InChI=1S/C57H33N3O2/c1-2-11-35(12-3-1)55-58-56(60-57(59-55)39-26-29-47-46-17-8-9-19-50(46)62-53(47)33-39)36-23-21-34(22-24-36)40-18-10-20-52-54(40)49-32-38(27-30-51(49)61-52)37-25-28-45-43-15-5-4-13-41(43)42-14-6-7-16-44(42)48(45)31-37/h1-33H. The van der Waals surface area contributed by atoms with Crippen LogP contribution in [0.1, 0.15) is 0 Å². The van der Waals surface area contributed by atoms with Crippen molar-refractivity contribution >= 4 is 76.2 Å². The molecule has 13 rings (SSSR count). The van der Waals surface area contributed by atoms with Gasteiger partial charge in [0, 0.05) is 38.2 Å². The number of hydrogen-bond donors (Lipinski definition) is 0. The van der Waals surface area contributed by atoms with E-state index in [-0.39, 0.29) is 0 Å². The lowest BCUT2D eigenvalue weighted by molar-refractivity contribution is 0.668. The van der Waals surface area contributed by atoms with Crippen LogP contribution >= 0.6 is 0 Å². The lowest BCUT2D eigenvalue weighted by Crippen LogP contribution is -2.00. The van der Waals surface area contributed by atoms with Gasteiger partial charge in [-0.15, -0.1) is 0 Å². The molecule has 0 amide bonds. The van der Waals surface area contributed by atoms with Crippen molar-refractivity contribution < 1.29 is 8.83 Å². The maximum atomic E-state index is 6.50. The summed E-state index contributed by atoms with van der Waals surface area (Å²) in [5.74, 6) is 1.79. The van der Waals surface area contributed by atoms with Crippen LogP contribution in [0, 0.1) is 0 Å². The molecule has 5 heteroatoms. The number of rotatable bonds is 5. The first kappa shape index (κ1) is 34.5. The molecule has 62 heavy (non-hydrogen) atoms. The van der Waals surface area contributed by atoms with Crippen molar-refractivity contribution in [3.8, 4) is 56.4 Å². The van der Waals surface area contributed by atoms with E-state index in [0.29, 0.717) is 17.5 Å². The molecule has 288 valence electrons. The third kappa shape index (κ3) is 5.45. The van der Waals surface area contributed by atoms with E-state index < -0.39 is 0 Å². The van der Waals surface area contributed by atoms with Gasteiger partial charge in [-0.3, -0.25) is 0 Å². The average Bonchev–Trinajstić information content (AvgIpc) is 3.92. The van der Waals surface area contributed by atoms with Gasteiger partial charge in [-0.05, 0) is 97.0 Å². The molecule has 0 aliphatic carbocycles. The van der Waals surface area contributed by atoms with Gasteiger partial charge in [0.1, 0.15) is 22.3 Å². The lowest BCUT2D eigenvalue weighted by Gasteiger charge is -2.12. The van der Waals surface area contributed by atoms with Crippen molar-refractivity contribution in [1.82, 2.24) is 15.0 Å². The molecule has 3 heterocycles. The van der Waals surface area contributed by atoms with E-state index in [0.717, 1.165) is 77.3 Å². The van der Waals surface area contributed by atoms with Crippen LogP contribution in [0.3, 0.4) is 0 Å². The Hall–Kier alpha value is -8.41. The minimum absolute atomic E-state index is 0.582. The molecule has 0 saturated carbocycles. The number of para-hydroxylation sites is 1. The zero-order chi connectivity index (χ0) is 40.7. The summed E-state index contributed by atoms with van der Waals surface area (Å²) in [6, 6.07) is 70.0. The smallest absolute Gasteiger partial charge is 0.164 e. The second-order valence-electron chi connectivity index (χ2n) is 15.9. The van der Waals surface area contributed by atoms with E-state index in [4.69, 9.17) is 23.8 Å². The maximum Gasteiger partial charge on any atom is 0.164 e. The summed E-state index contributed by atoms with van der Waals surface area (Å²) >= 11 is 0. The minimum atomic E-state index is 0.582. The van der Waals surface area contributed by atoms with Gasteiger partial charge in [-0.25, -0.2) is 15.0 Å². The quantitative estimate of drug-likeness (QED) is 0.162. The number of hydrogen-bond acceptors (Lipinski definition) is 5. The highest BCUT2D eigenvalue weighted by molar-refractivity contribution is 6.26. The topological polar surface area (TPSA) is 65.0 Å². The highest BCUT2D eigenvalue weighted by Crippen LogP contribution is 2.41. The lowest BCUT2D eigenvalue weighted by atomic mass is 9.91. The van der Waals surface area contributed by atoms with Crippen LogP contribution in [-0.2, 0) is 0 Å². The van der Waals surface area contributed by atoms with Gasteiger partial charge >= 0.3 is 0 Å². The summed E-state index contributed by atoms with van der Waals surface area (Å²) in [4.78, 5) is 15.0. The minimum Gasteiger partial charge on any atom is -0.456 e. The predicted molar refractivity (Wildman–Crippen MR) is 254 cm³/mol. The van der Waals surface area contributed by atoms with Crippen LogP contribution in [0.25, 0.3) is 133 Å². The zero-order valence-corrected chi connectivity index (χ0v) is 33.2. The van der Waals surface area contributed by atoms with E-state index in [2.05, 4.69) is 146 Å². The van der Waals surface area contributed by atoms with E-state index >= 15 is 0 Å². The van der Waals surface area contributed by atoms with Gasteiger partial charge < -0.3 is 8.83 Å². The molecule has 0 bridgehead atoms. The Morgan fingerprint density at radius 1 is 0.242 bits per heavy atom. The molecule has 0 aliphatic rings. The first-order valence-corrected chi connectivity index (χ1v) is 20.8. The Balaban J connectivity index is 0.906. The van der Waals surface area contributed by atoms with Crippen LogP contribution in [0.15, 0.2) is 209 Å². The molecule has 0 unspecified atom stereocenters. The molecule has 3 aromatic heterocycles. The van der Waals surface area contributed by atoms with Gasteiger partial charge in [0.15, 0.2) is 17.5 Å². The van der Waals surface area contributed by atoms with Crippen molar-refractivity contribution in [2.75, 3.05) is 0 Å². The Kier molecular flexibility index (Phi) is 7.54. The summed E-state index contributed by atoms with van der Waals surface area (Å²) in [6.45, 7) is 0. The second kappa shape index (κ2) is 13.6. The maximum absolute atomic E-state index is 6.50. The first-order valence-electron chi connectivity index (χ1n) is 20.8. The van der Waals surface area contributed by atoms with E-state index in [9.17, 15) is 0 Å². The van der Waals surface area contributed by atoms with Crippen molar-refractivity contribution in [1.29, 1.82) is 0 Å². The second-order valence-corrected chi connectivity index (χ2v) is 15.9. The molecule has 13 aromatic rings. The Labute approximate surface area is 355 Å². The number of nitrogens with zero attached hydrogens (tertiary/aromatic N) is 3. The number of benzene rings is 10. The third-order valence-corrected chi connectivity index (χ3v) is 12.3. The fourth-order valence-corrected chi connectivity index (χ4v) is 9.35. The van der Waals surface area contributed by atoms with E-state index in [1.54, 1.807) is 0 Å². The van der Waals surface area contributed by atoms with Gasteiger partial charge in [-0.1, -0.05) is 158 Å². The third-order valence-electron chi connectivity index (χ3n) is 12.3. The van der Waals surface area contributed by atoms with E-state index in [1.165, 1.54) is 37.9 Å². The molecular weight excluding hydrogens is 759 g/mol. The fraction of sp³-hybridized carbons (Fsp3) is 0. The van der Waals surface area contributed by atoms with Crippen LogP contribution < -0.4 is 0 Å². The Morgan fingerprint density at radius 3 is 1.42 bits per heavy atom. The van der Waals surface area contributed by atoms with Crippen LogP contribution in [-0.4, -0.2) is 15.0 Å². The van der Waals surface area contributed by atoms with Crippen LogP contribution in [0.4, 0.5) is 0 Å². The summed E-state index contributed by atoms with van der Waals surface area (Å²) in [6.07, 6.45) is 0. The first-order chi connectivity index (χ1) is 30.7. The normalized spacial score (nSPS) is 11.9. The van der Waals surface area contributed by atoms with Crippen molar-refractivity contribution in [3.63, 3.8) is 0 Å². The molecular formula is C57H33N3O2. The molecule has 10 aromatic carbocycles. The highest BCUT2D eigenvalue weighted by Gasteiger charge is 2.18. The number of fused-ring (bicyclic) bond motifs is 12. The fourth-order valence-electron chi connectivity index (χ4n) is 9.35. The average molecular weight is 792 g/mol. The molecule has 0 spiro atoms. The number of furan rings is 2. The molecule has 5 nitrogen and oxygen atoms in total. The van der Waals surface area contributed by atoms with Crippen LogP contribution in [0.2, 0.25) is 0 Å². The zero-order valence-electron chi connectivity index (χ0n) is 33.2. The molecule has 0 aliphatic heterocycles. The molecule has 0 N–H and O–H groups in total. The predicted octanol–water partition coefficient (Wildman–Crippen LogP) is 15.5. The summed E-state index contributed by atoms with van der Waals surface area (Å²) in [5.41, 5.74) is 10.5. The van der Waals surface area contributed by atoms with E-state index in [1.807, 2.05) is 54.6 Å². The largest absolute Gasteiger partial charge is 0.456 e. The Morgan fingerprint density at radius 2 is 0.694 bits per heavy atom. The summed E-state index contributed by atoms with van der Waals surface area (Å²) < 4.78 is 12.7. The Bertz CT molecular complexity index is 3890. The number of aromatic nitrogens is 3. The molecule has 0 fully saturated rings. The van der Waals surface area contributed by atoms with Crippen LogP contribution in [0.5, 0.6) is 0 Å². The molecule has 0 atom stereocenters. The van der Waals surface area contributed by atoms with Gasteiger partial charge in [-0.2, -0.15) is 0 Å². The van der Waals surface area contributed by atoms with Gasteiger partial charge in [0.2, 0.25) is 0 Å². The van der Waals surface area contributed by atoms with Gasteiger partial charge in [0.25, 0.3) is 0 Å². The summed E-state index contributed by atoms with van der Waals surface area (Å²) in [7, 11) is 0.